The van der Waals surface area contributed by atoms with E-state index >= 15 is 0 Å². The van der Waals surface area contributed by atoms with Crippen molar-refractivity contribution in [1.29, 1.82) is 0 Å². The second-order valence-corrected chi connectivity index (χ2v) is 6.40. The number of hydrogen-bond donors (Lipinski definition) is 1. The molecule has 1 aliphatic rings. The molecule has 120 valence electrons. The largest absolute Gasteiger partial charge is 0.327 e. The molecule has 0 saturated carbocycles. The van der Waals surface area contributed by atoms with Crippen LogP contribution in [0.3, 0.4) is 0 Å². The minimum Gasteiger partial charge on any atom is -0.327 e. The molecule has 2 aromatic carbocycles. The topological polar surface area (TPSA) is 59.3 Å². The number of carbonyl (C=O) groups is 1. The second-order valence-electron chi connectivity index (χ2n) is 5.45. The van der Waals surface area contributed by atoms with Crippen LogP contribution in [0.1, 0.15) is 5.56 Å². The summed E-state index contributed by atoms with van der Waals surface area (Å²) < 4.78 is 15.4. The van der Waals surface area contributed by atoms with Crippen LogP contribution in [0.4, 0.5) is 9.18 Å². The number of rotatable bonds is 2. The first-order chi connectivity index (χ1) is 11.6. The third kappa shape index (κ3) is 2.56. The molecular weight excluding hydrogens is 327 g/mol. The Hall–Kier alpha value is -2.67. The van der Waals surface area contributed by atoms with Crippen LogP contribution in [0.2, 0.25) is 0 Å². The molecule has 24 heavy (non-hydrogen) atoms. The summed E-state index contributed by atoms with van der Waals surface area (Å²) in [5, 5.41) is 3.95. The number of hydrazone groups is 1. The molecule has 1 N–H and O–H groups in total. The third-order valence-electron chi connectivity index (χ3n) is 3.92. The van der Waals surface area contributed by atoms with Gasteiger partial charge in [-0.1, -0.05) is 30.0 Å². The van der Waals surface area contributed by atoms with Crippen molar-refractivity contribution >= 4 is 33.7 Å². The highest BCUT2D eigenvalue weighted by atomic mass is 32.2. The maximum absolute atomic E-state index is 13.5. The van der Waals surface area contributed by atoms with E-state index in [2.05, 4.69) is 15.5 Å². The number of thioether (sulfide) groups is 1. The van der Waals surface area contributed by atoms with Gasteiger partial charge in [-0.15, -0.1) is 0 Å². The minimum atomic E-state index is -0.287. The summed E-state index contributed by atoms with van der Waals surface area (Å²) in [6.45, 7) is 0. The average Bonchev–Trinajstić information content (AvgIpc) is 2.92. The summed E-state index contributed by atoms with van der Waals surface area (Å²) in [5.74, 6) is 0.945. The first-order valence-electron chi connectivity index (χ1n) is 7.34. The highest BCUT2D eigenvalue weighted by molar-refractivity contribution is 8.14. The molecule has 0 aliphatic carbocycles. The van der Waals surface area contributed by atoms with E-state index in [0.29, 0.717) is 11.6 Å². The predicted molar refractivity (Wildman–Crippen MR) is 93.6 cm³/mol. The van der Waals surface area contributed by atoms with E-state index in [0.717, 1.165) is 27.9 Å². The van der Waals surface area contributed by atoms with Crippen LogP contribution in [0.15, 0.2) is 47.6 Å². The SMILES string of the molecule is Cn1c(-c2cccc(F)c2)nc2cc(C3=NNC(=O)SC3)ccc21. The molecule has 7 heteroatoms. The monoisotopic (exact) mass is 340 g/mol. The van der Waals surface area contributed by atoms with Crippen molar-refractivity contribution in [2.75, 3.05) is 5.75 Å². The number of aryl methyl sites for hydroxylation is 1. The van der Waals surface area contributed by atoms with E-state index in [-0.39, 0.29) is 11.1 Å². The quantitative estimate of drug-likeness (QED) is 0.776. The summed E-state index contributed by atoms with van der Waals surface area (Å²) >= 11 is 1.19. The van der Waals surface area contributed by atoms with Crippen molar-refractivity contribution in [1.82, 2.24) is 15.0 Å². The molecule has 0 atom stereocenters. The van der Waals surface area contributed by atoms with Crippen LogP contribution >= 0.6 is 11.8 Å². The summed E-state index contributed by atoms with van der Waals surface area (Å²) in [5.41, 5.74) is 6.68. The van der Waals surface area contributed by atoms with Crippen molar-refractivity contribution < 1.29 is 9.18 Å². The second kappa shape index (κ2) is 5.76. The molecule has 4 rings (SSSR count). The van der Waals surface area contributed by atoms with Crippen molar-refractivity contribution in [2.24, 2.45) is 12.1 Å². The van der Waals surface area contributed by atoms with Gasteiger partial charge in [-0.3, -0.25) is 4.79 Å². The maximum atomic E-state index is 13.5. The van der Waals surface area contributed by atoms with Crippen molar-refractivity contribution in [3.8, 4) is 11.4 Å². The Kier molecular flexibility index (Phi) is 3.57. The smallest absolute Gasteiger partial charge is 0.299 e. The standard InChI is InChI=1S/C17H13FN4OS/c1-22-15-6-5-10(14-9-24-17(23)21-20-14)8-13(15)19-16(22)11-3-2-4-12(18)7-11/h2-8H,9H2,1H3,(H,21,23). The Bertz CT molecular complexity index is 995. The Morgan fingerprint density at radius 2 is 2.08 bits per heavy atom. The molecule has 2 heterocycles. The summed E-state index contributed by atoms with van der Waals surface area (Å²) in [7, 11) is 1.91. The minimum absolute atomic E-state index is 0.147. The van der Waals surface area contributed by atoms with Gasteiger partial charge in [0.25, 0.3) is 5.24 Å². The zero-order valence-electron chi connectivity index (χ0n) is 12.8. The maximum Gasteiger partial charge on any atom is 0.299 e. The fourth-order valence-corrected chi connectivity index (χ4v) is 3.33. The zero-order valence-corrected chi connectivity index (χ0v) is 13.6. The molecule has 5 nitrogen and oxygen atoms in total. The molecule has 1 aromatic heterocycles. The first kappa shape index (κ1) is 14.9. The molecule has 0 bridgehead atoms. The van der Waals surface area contributed by atoms with Crippen molar-refractivity contribution in [2.45, 2.75) is 0 Å². The fraction of sp³-hybridized carbons (Fsp3) is 0.118. The van der Waals surface area contributed by atoms with Gasteiger partial charge in [-0.2, -0.15) is 5.10 Å². The van der Waals surface area contributed by atoms with E-state index in [1.54, 1.807) is 6.07 Å². The molecule has 0 radical (unpaired) electrons. The zero-order chi connectivity index (χ0) is 16.7. The van der Waals surface area contributed by atoms with Crippen molar-refractivity contribution in [3.05, 3.63) is 53.8 Å². The lowest BCUT2D eigenvalue weighted by Gasteiger charge is -2.11. The van der Waals surface area contributed by atoms with Gasteiger partial charge in [0, 0.05) is 23.9 Å². The van der Waals surface area contributed by atoms with Gasteiger partial charge < -0.3 is 4.57 Å². The lowest BCUT2D eigenvalue weighted by atomic mass is 10.1. The van der Waals surface area contributed by atoms with Gasteiger partial charge in [0.1, 0.15) is 11.6 Å². The number of halogens is 1. The number of imidazole rings is 1. The molecule has 0 unspecified atom stereocenters. The van der Waals surface area contributed by atoms with Gasteiger partial charge in [-0.05, 0) is 24.3 Å². The number of nitrogens with one attached hydrogen (secondary N) is 1. The molecule has 0 spiro atoms. The van der Waals surface area contributed by atoms with Crippen LogP contribution in [-0.4, -0.2) is 26.3 Å². The first-order valence-corrected chi connectivity index (χ1v) is 8.32. The van der Waals surface area contributed by atoms with Crippen LogP contribution in [0.25, 0.3) is 22.4 Å². The summed E-state index contributed by atoms with van der Waals surface area (Å²) in [4.78, 5) is 15.8. The number of carbonyl (C=O) groups excluding carboxylic acids is 1. The number of amides is 1. The number of fused-ring (bicyclic) bond motifs is 1. The molecule has 1 amide bonds. The highest BCUT2D eigenvalue weighted by Gasteiger charge is 2.16. The molecule has 0 fully saturated rings. The van der Waals surface area contributed by atoms with E-state index in [1.165, 1.54) is 23.9 Å². The predicted octanol–water partition coefficient (Wildman–Crippen LogP) is 3.54. The Morgan fingerprint density at radius 1 is 1.21 bits per heavy atom. The Morgan fingerprint density at radius 3 is 2.83 bits per heavy atom. The van der Waals surface area contributed by atoms with Crippen LogP contribution < -0.4 is 5.43 Å². The summed E-state index contributed by atoms with van der Waals surface area (Å²) in [6, 6.07) is 12.3. The summed E-state index contributed by atoms with van der Waals surface area (Å²) in [6.07, 6.45) is 0. The van der Waals surface area contributed by atoms with Gasteiger partial charge in [0.15, 0.2) is 0 Å². The van der Waals surface area contributed by atoms with Gasteiger partial charge in [0.2, 0.25) is 0 Å². The third-order valence-corrected chi connectivity index (χ3v) is 4.69. The van der Waals surface area contributed by atoms with E-state index in [1.807, 2.05) is 35.9 Å². The normalized spacial score (nSPS) is 14.6. The van der Waals surface area contributed by atoms with E-state index < -0.39 is 0 Å². The van der Waals surface area contributed by atoms with Gasteiger partial charge in [0.05, 0.1) is 16.7 Å². The number of nitrogens with zero attached hydrogens (tertiary/aromatic N) is 3. The van der Waals surface area contributed by atoms with Crippen LogP contribution in [0.5, 0.6) is 0 Å². The van der Waals surface area contributed by atoms with Gasteiger partial charge >= 0.3 is 0 Å². The Balaban J connectivity index is 1.80. The number of hydrogen-bond acceptors (Lipinski definition) is 4. The molecule has 0 saturated heterocycles. The van der Waals surface area contributed by atoms with Crippen LogP contribution in [0, 0.1) is 5.82 Å². The lowest BCUT2D eigenvalue weighted by molar-refractivity contribution is 0.261. The van der Waals surface area contributed by atoms with Crippen LogP contribution in [-0.2, 0) is 7.05 Å². The van der Waals surface area contributed by atoms with E-state index in [9.17, 15) is 9.18 Å². The number of benzene rings is 2. The van der Waals surface area contributed by atoms with Crippen molar-refractivity contribution in [3.63, 3.8) is 0 Å². The number of aromatic nitrogens is 2. The molecular formula is C17H13FN4OS. The molecule has 1 aliphatic heterocycles. The lowest BCUT2D eigenvalue weighted by Crippen LogP contribution is -2.23. The highest BCUT2D eigenvalue weighted by Crippen LogP contribution is 2.25. The Labute approximate surface area is 141 Å². The van der Waals surface area contributed by atoms with E-state index in [4.69, 9.17) is 0 Å². The molecule has 3 aromatic rings. The fourth-order valence-electron chi connectivity index (χ4n) is 2.72. The van der Waals surface area contributed by atoms with Gasteiger partial charge in [-0.25, -0.2) is 14.8 Å². The average molecular weight is 340 g/mol.